The molecule has 1 rings (SSSR count). The van der Waals surface area contributed by atoms with Gasteiger partial charge in [-0.2, -0.15) is 0 Å². The molecule has 4 nitrogen and oxygen atoms in total. The van der Waals surface area contributed by atoms with Crippen molar-refractivity contribution >= 4 is 23.2 Å². The highest BCUT2D eigenvalue weighted by Gasteiger charge is 2.15. The van der Waals surface area contributed by atoms with E-state index < -0.39 is 0 Å². The second-order valence-electron chi connectivity index (χ2n) is 4.20. The Morgan fingerprint density at radius 3 is 2.72 bits per heavy atom. The molecular formula is C13H20N2O2S. The largest absolute Gasteiger partial charge is 0.350 e. The van der Waals surface area contributed by atoms with Crippen LogP contribution in [-0.2, 0) is 4.79 Å². The Bertz CT molecular complexity index is 390. The maximum atomic E-state index is 11.7. The number of nitrogens with one attached hydrogen (secondary N) is 1. The van der Waals surface area contributed by atoms with Gasteiger partial charge >= 0.3 is 0 Å². The van der Waals surface area contributed by atoms with Crippen molar-refractivity contribution in [3.63, 3.8) is 0 Å². The van der Waals surface area contributed by atoms with Crippen molar-refractivity contribution in [2.45, 2.75) is 33.2 Å². The first kappa shape index (κ1) is 14.7. The van der Waals surface area contributed by atoms with E-state index in [1.54, 1.807) is 17.9 Å². The van der Waals surface area contributed by atoms with Crippen LogP contribution in [0.4, 0.5) is 0 Å². The fourth-order valence-corrected chi connectivity index (χ4v) is 2.33. The Kier molecular flexibility index (Phi) is 5.85. The van der Waals surface area contributed by atoms with E-state index in [0.717, 1.165) is 6.42 Å². The Labute approximate surface area is 112 Å². The molecule has 0 aliphatic heterocycles. The Morgan fingerprint density at radius 1 is 1.50 bits per heavy atom. The van der Waals surface area contributed by atoms with Crippen LogP contribution in [-0.4, -0.2) is 35.8 Å². The summed E-state index contributed by atoms with van der Waals surface area (Å²) in [4.78, 5) is 25.6. The summed E-state index contributed by atoms with van der Waals surface area (Å²) in [7, 11) is 0. The lowest BCUT2D eigenvalue weighted by atomic mass is 10.2. The zero-order valence-electron chi connectivity index (χ0n) is 11.1. The number of rotatable bonds is 6. The summed E-state index contributed by atoms with van der Waals surface area (Å²) in [6.07, 6.45) is 0.915. The maximum Gasteiger partial charge on any atom is 0.261 e. The number of carbonyl (C=O) groups is 2. The van der Waals surface area contributed by atoms with Crippen molar-refractivity contribution in [2.24, 2.45) is 0 Å². The molecule has 2 amide bonds. The number of carbonyl (C=O) groups excluding carboxylic acids is 2. The summed E-state index contributed by atoms with van der Waals surface area (Å²) in [5.74, 6) is -0.0209. The van der Waals surface area contributed by atoms with Crippen molar-refractivity contribution in [1.82, 2.24) is 10.2 Å². The van der Waals surface area contributed by atoms with Crippen LogP contribution in [0.5, 0.6) is 0 Å². The van der Waals surface area contributed by atoms with Crippen LogP contribution in [0.3, 0.4) is 0 Å². The minimum absolute atomic E-state index is 0.0507. The molecule has 0 aliphatic carbocycles. The molecule has 1 aromatic rings. The molecule has 1 aromatic heterocycles. The SMILES string of the molecule is CCC(C)N(CCNC(=O)c1cccs1)C(C)=O. The van der Waals surface area contributed by atoms with Crippen LogP contribution >= 0.6 is 11.3 Å². The topological polar surface area (TPSA) is 49.4 Å². The van der Waals surface area contributed by atoms with Gasteiger partial charge in [-0.1, -0.05) is 13.0 Å². The highest BCUT2D eigenvalue weighted by atomic mass is 32.1. The Morgan fingerprint density at radius 2 is 2.22 bits per heavy atom. The highest BCUT2D eigenvalue weighted by molar-refractivity contribution is 7.12. The van der Waals surface area contributed by atoms with Gasteiger partial charge in [0.25, 0.3) is 5.91 Å². The smallest absolute Gasteiger partial charge is 0.261 e. The zero-order valence-corrected chi connectivity index (χ0v) is 11.9. The molecule has 1 N–H and O–H groups in total. The lowest BCUT2D eigenvalue weighted by Crippen LogP contribution is -2.42. The number of thiophene rings is 1. The first-order chi connectivity index (χ1) is 8.56. The maximum absolute atomic E-state index is 11.7. The van der Waals surface area contributed by atoms with E-state index in [0.29, 0.717) is 18.0 Å². The van der Waals surface area contributed by atoms with Gasteiger partial charge in [-0.25, -0.2) is 0 Å². The molecule has 0 aliphatic rings. The van der Waals surface area contributed by atoms with Gasteiger partial charge in [0.05, 0.1) is 4.88 Å². The highest BCUT2D eigenvalue weighted by Crippen LogP contribution is 2.08. The summed E-state index contributed by atoms with van der Waals surface area (Å²) >= 11 is 1.41. The van der Waals surface area contributed by atoms with Crippen LogP contribution in [0.1, 0.15) is 36.9 Å². The van der Waals surface area contributed by atoms with Gasteiger partial charge in [0.1, 0.15) is 0 Å². The second-order valence-corrected chi connectivity index (χ2v) is 5.15. The summed E-state index contributed by atoms with van der Waals surface area (Å²) in [5.41, 5.74) is 0. The lowest BCUT2D eigenvalue weighted by molar-refractivity contribution is -0.130. The van der Waals surface area contributed by atoms with Crippen molar-refractivity contribution in [2.75, 3.05) is 13.1 Å². The molecular weight excluding hydrogens is 248 g/mol. The molecule has 0 radical (unpaired) electrons. The predicted octanol–water partition coefficient (Wildman–Crippen LogP) is 2.12. The van der Waals surface area contributed by atoms with Crippen LogP contribution in [0, 0.1) is 0 Å². The van der Waals surface area contributed by atoms with E-state index >= 15 is 0 Å². The second kappa shape index (κ2) is 7.16. The molecule has 1 heterocycles. The first-order valence-electron chi connectivity index (χ1n) is 6.15. The average molecular weight is 268 g/mol. The van der Waals surface area contributed by atoms with E-state index in [1.807, 2.05) is 25.3 Å². The molecule has 0 fully saturated rings. The number of hydrogen-bond acceptors (Lipinski definition) is 3. The van der Waals surface area contributed by atoms with Crippen molar-refractivity contribution in [1.29, 1.82) is 0 Å². The van der Waals surface area contributed by atoms with Crippen molar-refractivity contribution < 1.29 is 9.59 Å². The molecule has 18 heavy (non-hydrogen) atoms. The fraction of sp³-hybridized carbons (Fsp3) is 0.538. The lowest BCUT2D eigenvalue weighted by Gasteiger charge is -2.27. The van der Waals surface area contributed by atoms with Crippen LogP contribution in [0.25, 0.3) is 0 Å². The minimum Gasteiger partial charge on any atom is -0.350 e. The predicted molar refractivity (Wildman–Crippen MR) is 73.8 cm³/mol. The standard InChI is InChI=1S/C13H20N2O2S/c1-4-10(2)15(11(3)16)8-7-14-13(17)12-6-5-9-18-12/h5-6,9-10H,4,7-8H2,1-3H3,(H,14,17). The van der Waals surface area contributed by atoms with Gasteiger partial charge in [-0.05, 0) is 24.8 Å². The zero-order chi connectivity index (χ0) is 13.5. The molecule has 100 valence electrons. The third-order valence-electron chi connectivity index (χ3n) is 2.91. The fourth-order valence-electron chi connectivity index (χ4n) is 1.69. The average Bonchev–Trinajstić information content (AvgIpc) is 2.86. The van der Waals surface area contributed by atoms with Crippen molar-refractivity contribution in [3.8, 4) is 0 Å². The van der Waals surface area contributed by atoms with E-state index in [4.69, 9.17) is 0 Å². The van der Waals surface area contributed by atoms with Crippen molar-refractivity contribution in [3.05, 3.63) is 22.4 Å². The molecule has 0 bridgehead atoms. The van der Waals surface area contributed by atoms with Gasteiger partial charge in [0.15, 0.2) is 0 Å². The van der Waals surface area contributed by atoms with E-state index in [-0.39, 0.29) is 17.9 Å². The summed E-state index contributed by atoms with van der Waals surface area (Å²) in [5, 5.41) is 4.70. The van der Waals surface area contributed by atoms with Gasteiger partial charge in [0, 0.05) is 26.1 Å². The van der Waals surface area contributed by atoms with Gasteiger partial charge in [0.2, 0.25) is 5.91 Å². The number of nitrogens with zero attached hydrogens (tertiary/aromatic N) is 1. The third kappa shape index (κ3) is 4.14. The van der Waals surface area contributed by atoms with Crippen LogP contribution < -0.4 is 5.32 Å². The quantitative estimate of drug-likeness (QED) is 0.859. The summed E-state index contributed by atoms with van der Waals surface area (Å²) in [6, 6.07) is 3.85. The minimum atomic E-state index is -0.0716. The summed E-state index contributed by atoms with van der Waals surface area (Å²) in [6.45, 7) is 6.67. The summed E-state index contributed by atoms with van der Waals surface area (Å²) < 4.78 is 0. The third-order valence-corrected chi connectivity index (χ3v) is 3.78. The van der Waals surface area contributed by atoms with Crippen LogP contribution in [0.2, 0.25) is 0 Å². The Hall–Kier alpha value is -1.36. The van der Waals surface area contributed by atoms with Gasteiger partial charge in [-0.3, -0.25) is 9.59 Å². The van der Waals surface area contributed by atoms with Gasteiger partial charge in [-0.15, -0.1) is 11.3 Å². The van der Waals surface area contributed by atoms with E-state index in [1.165, 1.54) is 11.3 Å². The molecule has 5 heteroatoms. The Balaban J connectivity index is 2.40. The normalized spacial score (nSPS) is 11.9. The molecule has 0 saturated carbocycles. The first-order valence-corrected chi connectivity index (χ1v) is 7.03. The molecule has 1 unspecified atom stereocenters. The monoisotopic (exact) mass is 268 g/mol. The molecule has 1 atom stereocenters. The van der Waals surface area contributed by atoms with Gasteiger partial charge < -0.3 is 10.2 Å². The van der Waals surface area contributed by atoms with E-state index in [9.17, 15) is 9.59 Å². The van der Waals surface area contributed by atoms with Crippen LogP contribution in [0.15, 0.2) is 17.5 Å². The van der Waals surface area contributed by atoms with E-state index in [2.05, 4.69) is 5.32 Å². The molecule has 0 saturated heterocycles. The molecule has 0 aromatic carbocycles. The molecule has 0 spiro atoms. The number of amides is 2. The number of hydrogen-bond donors (Lipinski definition) is 1.